The van der Waals surface area contributed by atoms with Crippen LogP contribution in [-0.2, 0) is 20.5 Å². The smallest absolute Gasteiger partial charge is 0.416 e. The molecule has 0 saturated carbocycles. The van der Waals surface area contributed by atoms with E-state index in [1.54, 1.807) is 0 Å². The fourth-order valence-corrected chi connectivity index (χ4v) is 2.40. The number of carbonyl (C=O) groups excluding carboxylic acids is 2. The van der Waals surface area contributed by atoms with Crippen LogP contribution in [0.1, 0.15) is 37.3 Å². The number of Topliss-reactive ketones (excluding diaryl/α,β-unsaturated/α-hetero) is 1. The molecule has 0 aromatic heterocycles. The van der Waals surface area contributed by atoms with E-state index in [-0.39, 0.29) is 29.1 Å². The molecule has 0 radical (unpaired) electrons. The topological polar surface area (TPSA) is 43.4 Å². The van der Waals surface area contributed by atoms with Gasteiger partial charge in [0.05, 0.1) is 11.5 Å². The predicted molar refractivity (Wildman–Crippen MR) is 68.3 cm³/mol. The molecule has 1 atom stereocenters. The summed E-state index contributed by atoms with van der Waals surface area (Å²) < 4.78 is 44.0. The molecule has 0 N–H and O–H groups in total. The monoisotopic (exact) mass is 298 g/mol. The molecule has 1 aliphatic rings. The van der Waals surface area contributed by atoms with E-state index in [0.29, 0.717) is 0 Å². The molecule has 1 aromatic rings. The number of halogens is 3. The highest BCUT2D eigenvalue weighted by Gasteiger charge is 2.39. The number of alkyl halides is 3. The van der Waals surface area contributed by atoms with Crippen molar-refractivity contribution >= 4 is 11.8 Å². The van der Waals surface area contributed by atoms with E-state index >= 15 is 0 Å². The molecule has 0 amide bonds. The van der Waals surface area contributed by atoms with Gasteiger partial charge < -0.3 is 4.74 Å². The molecule has 3 nitrogen and oxygen atoms in total. The Labute approximate surface area is 119 Å². The third-order valence-corrected chi connectivity index (χ3v) is 3.44. The Kier molecular flexibility index (Phi) is 3.89. The number of ketones is 1. The molecule has 0 fully saturated rings. The van der Waals surface area contributed by atoms with Crippen molar-refractivity contribution in [1.29, 1.82) is 0 Å². The summed E-state index contributed by atoms with van der Waals surface area (Å²) in [6.07, 6.45) is -4.64. The van der Waals surface area contributed by atoms with E-state index in [2.05, 4.69) is 0 Å². The van der Waals surface area contributed by atoms with E-state index in [9.17, 15) is 22.8 Å². The Hall–Kier alpha value is -2.11. The van der Waals surface area contributed by atoms with Gasteiger partial charge in [-0.25, -0.2) is 0 Å². The quantitative estimate of drug-likeness (QED) is 0.784. The van der Waals surface area contributed by atoms with Gasteiger partial charge in [-0.05, 0) is 31.9 Å². The Morgan fingerprint density at radius 2 is 1.90 bits per heavy atom. The number of allylic oxidation sites excluding steroid dienone is 2. The number of esters is 1. The van der Waals surface area contributed by atoms with Crippen LogP contribution >= 0.6 is 0 Å². The molecule has 2 rings (SSSR count). The standard InChI is InChI=1S/C15H13F3O3/c1-8(19)11-7-12(14(20)21-9(11)2)10-5-3-4-6-13(10)15(16,17)18/h3-6,12H,7H2,1-2H3. The van der Waals surface area contributed by atoms with Crippen molar-refractivity contribution < 1.29 is 27.5 Å². The van der Waals surface area contributed by atoms with Gasteiger partial charge in [0.1, 0.15) is 5.76 Å². The molecular formula is C15H13F3O3. The van der Waals surface area contributed by atoms with Gasteiger partial charge >= 0.3 is 12.1 Å². The van der Waals surface area contributed by atoms with Gasteiger partial charge in [-0.2, -0.15) is 13.2 Å². The van der Waals surface area contributed by atoms with Crippen LogP contribution in [0.5, 0.6) is 0 Å². The zero-order chi connectivity index (χ0) is 15.8. The van der Waals surface area contributed by atoms with Gasteiger partial charge in [-0.15, -0.1) is 0 Å². The SMILES string of the molecule is CC(=O)C1=C(C)OC(=O)C(c2ccccc2C(F)(F)F)C1. The first kappa shape index (κ1) is 15.3. The van der Waals surface area contributed by atoms with E-state index in [4.69, 9.17) is 4.74 Å². The second-order valence-corrected chi connectivity index (χ2v) is 4.85. The van der Waals surface area contributed by atoms with Crippen molar-refractivity contribution in [1.82, 2.24) is 0 Å². The summed E-state index contributed by atoms with van der Waals surface area (Å²) in [7, 11) is 0. The Bertz CT molecular complexity index is 629. The minimum atomic E-state index is -4.57. The molecule has 0 aliphatic carbocycles. The highest BCUT2D eigenvalue weighted by molar-refractivity contribution is 5.97. The average Bonchev–Trinajstić information content (AvgIpc) is 2.37. The summed E-state index contributed by atoms with van der Waals surface area (Å²) in [5.41, 5.74) is -0.799. The van der Waals surface area contributed by atoms with E-state index in [1.807, 2.05) is 0 Å². The second-order valence-electron chi connectivity index (χ2n) is 4.85. The highest BCUT2D eigenvalue weighted by atomic mass is 19.4. The van der Waals surface area contributed by atoms with Crippen molar-refractivity contribution in [3.63, 3.8) is 0 Å². The number of hydrogen-bond acceptors (Lipinski definition) is 3. The summed E-state index contributed by atoms with van der Waals surface area (Å²) in [5, 5.41) is 0. The number of rotatable bonds is 2. The average molecular weight is 298 g/mol. The van der Waals surface area contributed by atoms with Crippen molar-refractivity contribution in [2.75, 3.05) is 0 Å². The molecule has 1 aromatic carbocycles. The number of hydrogen-bond donors (Lipinski definition) is 0. The van der Waals surface area contributed by atoms with Crippen LogP contribution in [-0.4, -0.2) is 11.8 Å². The van der Waals surface area contributed by atoms with Crippen LogP contribution in [0.25, 0.3) is 0 Å². The third kappa shape index (κ3) is 2.99. The Balaban J connectivity index is 2.49. The number of carbonyl (C=O) groups is 2. The molecule has 0 saturated heterocycles. The van der Waals surface area contributed by atoms with Crippen molar-refractivity contribution in [2.45, 2.75) is 32.4 Å². The summed E-state index contributed by atoms with van der Waals surface area (Å²) in [5.74, 6) is -2.04. The second kappa shape index (κ2) is 5.35. The van der Waals surface area contributed by atoms with E-state index < -0.39 is 23.6 Å². The maximum absolute atomic E-state index is 13.0. The normalized spacial score (nSPS) is 19.5. The maximum atomic E-state index is 13.0. The van der Waals surface area contributed by atoms with Crippen LogP contribution in [0.3, 0.4) is 0 Å². The number of benzene rings is 1. The molecule has 112 valence electrons. The van der Waals surface area contributed by atoms with Gasteiger partial charge in [0.15, 0.2) is 5.78 Å². The molecule has 6 heteroatoms. The van der Waals surface area contributed by atoms with Gasteiger partial charge in [-0.1, -0.05) is 18.2 Å². The zero-order valence-electron chi connectivity index (χ0n) is 11.5. The molecule has 1 unspecified atom stereocenters. The lowest BCUT2D eigenvalue weighted by atomic mass is 9.85. The van der Waals surface area contributed by atoms with Crippen LogP contribution < -0.4 is 0 Å². The first-order chi connectivity index (χ1) is 9.71. The fraction of sp³-hybridized carbons (Fsp3) is 0.333. The molecule has 0 bridgehead atoms. The van der Waals surface area contributed by atoms with Crippen LogP contribution in [0, 0.1) is 0 Å². The Morgan fingerprint density at radius 3 is 2.48 bits per heavy atom. The zero-order valence-corrected chi connectivity index (χ0v) is 11.5. The first-order valence-corrected chi connectivity index (χ1v) is 6.30. The first-order valence-electron chi connectivity index (χ1n) is 6.30. The fourth-order valence-electron chi connectivity index (χ4n) is 2.40. The summed E-state index contributed by atoms with van der Waals surface area (Å²) in [6, 6.07) is 4.85. The summed E-state index contributed by atoms with van der Waals surface area (Å²) >= 11 is 0. The van der Waals surface area contributed by atoms with Gasteiger partial charge in [0.25, 0.3) is 0 Å². The lowest BCUT2D eigenvalue weighted by Crippen LogP contribution is -2.26. The minimum absolute atomic E-state index is 0.0763. The maximum Gasteiger partial charge on any atom is 0.416 e. The minimum Gasteiger partial charge on any atom is -0.430 e. The van der Waals surface area contributed by atoms with Gasteiger partial charge in [-0.3, -0.25) is 9.59 Å². The van der Waals surface area contributed by atoms with Crippen molar-refractivity contribution in [2.24, 2.45) is 0 Å². The lowest BCUT2D eigenvalue weighted by molar-refractivity contribution is -0.144. The predicted octanol–water partition coefficient (Wildman–Crippen LogP) is 3.60. The van der Waals surface area contributed by atoms with E-state index in [1.165, 1.54) is 32.0 Å². The lowest BCUT2D eigenvalue weighted by Gasteiger charge is -2.25. The molecule has 1 heterocycles. The largest absolute Gasteiger partial charge is 0.430 e. The third-order valence-electron chi connectivity index (χ3n) is 3.44. The van der Waals surface area contributed by atoms with Gasteiger partial charge in [0, 0.05) is 5.57 Å². The van der Waals surface area contributed by atoms with Crippen molar-refractivity contribution in [3.05, 3.63) is 46.7 Å². The summed E-state index contributed by atoms with van der Waals surface area (Å²) in [4.78, 5) is 23.4. The Morgan fingerprint density at radius 1 is 1.29 bits per heavy atom. The molecule has 1 aliphatic heterocycles. The molecule has 21 heavy (non-hydrogen) atoms. The van der Waals surface area contributed by atoms with Crippen LogP contribution in [0.15, 0.2) is 35.6 Å². The van der Waals surface area contributed by atoms with Crippen LogP contribution in [0.4, 0.5) is 13.2 Å². The molecule has 0 spiro atoms. The summed E-state index contributed by atoms with van der Waals surface area (Å²) in [6.45, 7) is 2.76. The van der Waals surface area contributed by atoms with Crippen molar-refractivity contribution in [3.8, 4) is 0 Å². The van der Waals surface area contributed by atoms with E-state index in [0.717, 1.165) is 6.07 Å². The number of ether oxygens (including phenoxy) is 1. The number of cyclic esters (lactones) is 1. The molecular weight excluding hydrogens is 285 g/mol. The van der Waals surface area contributed by atoms with Gasteiger partial charge in [0.2, 0.25) is 0 Å². The highest BCUT2D eigenvalue weighted by Crippen LogP contribution is 2.40. The van der Waals surface area contributed by atoms with Crippen LogP contribution in [0.2, 0.25) is 0 Å².